The first-order chi connectivity index (χ1) is 9.54. The Morgan fingerprint density at radius 1 is 1.15 bits per heavy atom. The molecule has 0 saturated carbocycles. The van der Waals surface area contributed by atoms with Crippen LogP contribution in [0.1, 0.15) is 52.0 Å². The summed E-state index contributed by atoms with van der Waals surface area (Å²) in [6, 6.07) is 11.8. The Morgan fingerprint density at radius 3 is 2.20 bits per heavy atom. The van der Waals surface area contributed by atoms with E-state index < -0.39 is 5.92 Å². The number of nitrogens with zero attached hydrogens (tertiary/aromatic N) is 1. The molecular formula is C17H17NOS. The van der Waals surface area contributed by atoms with Crippen molar-refractivity contribution in [3.05, 3.63) is 57.3 Å². The molecule has 1 atom stereocenters. The number of carbonyl (C=O) groups is 1. The summed E-state index contributed by atoms with van der Waals surface area (Å²) in [4.78, 5) is 13.1. The van der Waals surface area contributed by atoms with E-state index in [2.05, 4.69) is 19.9 Å². The molecule has 20 heavy (non-hydrogen) atoms. The Labute approximate surface area is 123 Å². The lowest BCUT2D eigenvalue weighted by Crippen LogP contribution is -2.11. The predicted octanol–water partition coefficient (Wildman–Crippen LogP) is 4.67. The molecule has 0 aliphatic carbocycles. The zero-order valence-corrected chi connectivity index (χ0v) is 12.7. The Hall–Kier alpha value is -1.92. The van der Waals surface area contributed by atoms with Gasteiger partial charge in [0.15, 0.2) is 5.78 Å². The molecule has 2 aromatic rings. The largest absolute Gasteiger partial charge is 0.291 e. The van der Waals surface area contributed by atoms with Crippen molar-refractivity contribution in [3.63, 3.8) is 0 Å². The predicted molar refractivity (Wildman–Crippen MR) is 82.3 cm³/mol. The fourth-order valence-corrected chi connectivity index (χ4v) is 3.01. The van der Waals surface area contributed by atoms with Gasteiger partial charge in [-0.05, 0) is 41.0 Å². The second-order valence-corrected chi connectivity index (χ2v) is 6.10. The first-order valence-electron chi connectivity index (χ1n) is 6.62. The monoisotopic (exact) mass is 283 g/mol. The number of Topliss-reactive ketones (excluding diaryl/α,β-unsaturated/α-hetero) is 1. The summed E-state index contributed by atoms with van der Waals surface area (Å²) in [5.74, 6) is -0.370. The molecular weight excluding hydrogens is 266 g/mol. The van der Waals surface area contributed by atoms with Crippen molar-refractivity contribution >= 4 is 17.1 Å². The third-order valence-electron chi connectivity index (χ3n) is 3.41. The summed E-state index contributed by atoms with van der Waals surface area (Å²) in [5, 5.41) is 11.2. The lowest BCUT2D eigenvalue weighted by molar-refractivity contribution is 0.0982. The van der Waals surface area contributed by atoms with Gasteiger partial charge < -0.3 is 0 Å². The lowest BCUT2D eigenvalue weighted by atomic mass is 9.92. The van der Waals surface area contributed by atoms with Gasteiger partial charge in [0.1, 0.15) is 5.92 Å². The van der Waals surface area contributed by atoms with E-state index in [4.69, 9.17) is 0 Å². The molecule has 2 rings (SSSR count). The number of rotatable bonds is 4. The van der Waals surface area contributed by atoms with E-state index >= 15 is 0 Å². The van der Waals surface area contributed by atoms with Crippen molar-refractivity contribution in [1.82, 2.24) is 0 Å². The molecule has 0 amide bonds. The molecule has 1 heterocycles. The molecule has 102 valence electrons. The normalized spacial score (nSPS) is 12.2. The fraction of sp³-hybridized carbons (Fsp3) is 0.294. The van der Waals surface area contributed by atoms with Crippen molar-refractivity contribution in [2.75, 3.05) is 0 Å². The third-order valence-corrected chi connectivity index (χ3v) is 4.44. The summed E-state index contributed by atoms with van der Waals surface area (Å²) < 4.78 is 0. The number of ketones is 1. The van der Waals surface area contributed by atoms with Crippen LogP contribution in [0.4, 0.5) is 0 Å². The van der Waals surface area contributed by atoms with Gasteiger partial charge in [-0.3, -0.25) is 4.79 Å². The Morgan fingerprint density at radius 2 is 1.75 bits per heavy atom. The molecule has 0 spiro atoms. The number of aryl methyl sites for hydroxylation is 1. The molecule has 0 aliphatic heterocycles. The number of nitriles is 1. The van der Waals surface area contributed by atoms with Gasteiger partial charge in [0.05, 0.1) is 10.9 Å². The van der Waals surface area contributed by atoms with Gasteiger partial charge in [-0.2, -0.15) is 5.26 Å². The summed E-state index contributed by atoms with van der Waals surface area (Å²) in [6.07, 6.45) is 0. The van der Waals surface area contributed by atoms with E-state index in [9.17, 15) is 10.1 Å². The Balaban J connectivity index is 2.31. The van der Waals surface area contributed by atoms with Crippen LogP contribution in [-0.4, -0.2) is 5.78 Å². The highest BCUT2D eigenvalue weighted by atomic mass is 32.1. The number of thiophene rings is 1. The quantitative estimate of drug-likeness (QED) is 0.765. The van der Waals surface area contributed by atoms with Crippen LogP contribution in [0, 0.1) is 18.3 Å². The van der Waals surface area contributed by atoms with Crippen LogP contribution < -0.4 is 0 Å². The molecule has 2 nitrogen and oxygen atoms in total. The van der Waals surface area contributed by atoms with E-state index in [0.29, 0.717) is 10.8 Å². The first kappa shape index (κ1) is 14.5. The highest BCUT2D eigenvalue weighted by Crippen LogP contribution is 2.26. The molecule has 0 N–H and O–H groups in total. The van der Waals surface area contributed by atoms with Gasteiger partial charge in [-0.1, -0.05) is 38.1 Å². The molecule has 1 unspecified atom stereocenters. The van der Waals surface area contributed by atoms with Crippen molar-refractivity contribution in [2.24, 2.45) is 0 Å². The van der Waals surface area contributed by atoms with E-state index in [1.807, 2.05) is 42.6 Å². The van der Waals surface area contributed by atoms with Gasteiger partial charge in [-0.15, -0.1) is 11.3 Å². The molecule has 1 aromatic carbocycles. The molecule has 0 bridgehead atoms. The maximum atomic E-state index is 12.5. The lowest BCUT2D eigenvalue weighted by Gasteiger charge is -2.10. The zero-order chi connectivity index (χ0) is 14.7. The van der Waals surface area contributed by atoms with Gasteiger partial charge in [0, 0.05) is 0 Å². The van der Waals surface area contributed by atoms with E-state index in [0.717, 1.165) is 11.1 Å². The van der Waals surface area contributed by atoms with Gasteiger partial charge in [-0.25, -0.2) is 0 Å². The molecule has 0 fully saturated rings. The maximum absolute atomic E-state index is 12.5. The third kappa shape index (κ3) is 2.81. The summed E-state index contributed by atoms with van der Waals surface area (Å²) in [7, 11) is 0. The minimum absolute atomic E-state index is 0.0997. The topological polar surface area (TPSA) is 40.9 Å². The maximum Gasteiger partial charge on any atom is 0.194 e. The molecule has 3 heteroatoms. The van der Waals surface area contributed by atoms with Gasteiger partial charge in [0.25, 0.3) is 0 Å². The standard InChI is InChI=1S/C17H17NOS/c1-11(2)13-4-6-14(7-5-13)15(10-18)16(19)17-12(3)8-9-20-17/h4-9,11,15H,1-3H3. The van der Waals surface area contributed by atoms with Crippen molar-refractivity contribution in [2.45, 2.75) is 32.6 Å². The number of benzene rings is 1. The first-order valence-corrected chi connectivity index (χ1v) is 7.50. The van der Waals surface area contributed by atoms with E-state index in [1.165, 1.54) is 16.9 Å². The minimum atomic E-state index is -0.714. The molecule has 1 aromatic heterocycles. The van der Waals surface area contributed by atoms with Crippen molar-refractivity contribution < 1.29 is 4.79 Å². The second-order valence-electron chi connectivity index (χ2n) is 5.18. The van der Waals surface area contributed by atoms with E-state index in [1.54, 1.807) is 0 Å². The number of carbonyl (C=O) groups excluding carboxylic acids is 1. The Bertz CT molecular complexity index is 646. The summed E-state index contributed by atoms with van der Waals surface area (Å²) in [5.41, 5.74) is 2.93. The van der Waals surface area contributed by atoms with Crippen molar-refractivity contribution in [1.29, 1.82) is 5.26 Å². The van der Waals surface area contributed by atoms with E-state index in [-0.39, 0.29) is 5.78 Å². The van der Waals surface area contributed by atoms with Crippen LogP contribution in [0.25, 0.3) is 0 Å². The molecule has 0 radical (unpaired) electrons. The SMILES string of the molecule is Cc1ccsc1C(=O)C(C#N)c1ccc(C(C)C)cc1. The van der Waals surface area contributed by atoms with Crippen LogP contribution in [0.5, 0.6) is 0 Å². The highest BCUT2D eigenvalue weighted by molar-refractivity contribution is 7.12. The van der Waals surface area contributed by atoms with Crippen LogP contribution >= 0.6 is 11.3 Å². The minimum Gasteiger partial charge on any atom is -0.291 e. The Kier molecular flexibility index (Phi) is 4.36. The van der Waals surface area contributed by atoms with Gasteiger partial charge >= 0.3 is 0 Å². The van der Waals surface area contributed by atoms with Gasteiger partial charge in [0.2, 0.25) is 0 Å². The van der Waals surface area contributed by atoms with Crippen LogP contribution in [0.2, 0.25) is 0 Å². The summed E-state index contributed by atoms with van der Waals surface area (Å²) in [6.45, 7) is 6.15. The van der Waals surface area contributed by atoms with Crippen LogP contribution in [-0.2, 0) is 0 Å². The number of hydrogen-bond donors (Lipinski definition) is 0. The smallest absolute Gasteiger partial charge is 0.194 e. The fourth-order valence-electron chi connectivity index (χ4n) is 2.11. The number of hydrogen-bond acceptors (Lipinski definition) is 3. The zero-order valence-electron chi connectivity index (χ0n) is 11.9. The molecule has 0 aliphatic rings. The van der Waals surface area contributed by atoms with Crippen LogP contribution in [0.3, 0.4) is 0 Å². The second kappa shape index (κ2) is 6.02. The average Bonchev–Trinajstić information content (AvgIpc) is 2.86. The molecule has 0 saturated heterocycles. The van der Waals surface area contributed by atoms with Crippen LogP contribution in [0.15, 0.2) is 35.7 Å². The van der Waals surface area contributed by atoms with Crippen molar-refractivity contribution in [3.8, 4) is 6.07 Å². The average molecular weight is 283 g/mol. The summed E-state index contributed by atoms with van der Waals surface area (Å²) >= 11 is 1.40. The highest BCUT2D eigenvalue weighted by Gasteiger charge is 2.24.